The SMILES string of the molecule is O=[C]CCCCCCCCCCCCCCCNC(=O)c1cc(B(O)O)cc(B(O)O)c1. The van der Waals surface area contributed by atoms with Crippen molar-refractivity contribution in [2.45, 2.75) is 89.9 Å². The van der Waals surface area contributed by atoms with E-state index in [1.807, 2.05) is 6.29 Å². The molecule has 0 spiro atoms. The van der Waals surface area contributed by atoms with Crippen molar-refractivity contribution >= 4 is 37.4 Å². The molecular weight excluding hydrogens is 408 g/mol. The molecule has 0 atom stereocenters. The monoisotopic (exact) mass is 446 g/mol. The zero-order valence-corrected chi connectivity index (χ0v) is 19.1. The van der Waals surface area contributed by atoms with Crippen LogP contribution < -0.4 is 16.2 Å². The van der Waals surface area contributed by atoms with Gasteiger partial charge in [-0.25, -0.2) is 0 Å². The molecular formula is C23H38B2NO6. The van der Waals surface area contributed by atoms with Gasteiger partial charge in [-0.05, 0) is 35.9 Å². The molecule has 5 N–H and O–H groups in total. The molecule has 0 aliphatic carbocycles. The zero-order chi connectivity index (χ0) is 23.6. The normalized spacial score (nSPS) is 10.8. The van der Waals surface area contributed by atoms with Crippen molar-refractivity contribution in [1.29, 1.82) is 0 Å². The second kappa shape index (κ2) is 17.8. The van der Waals surface area contributed by atoms with Gasteiger partial charge in [0.05, 0.1) is 0 Å². The molecule has 0 heterocycles. The quantitative estimate of drug-likeness (QED) is 0.161. The number of hydrogen-bond donors (Lipinski definition) is 5. The van der Waals surface area contributed by atoms with Gasteiger partial charge in [0.25, 0.3) is 5.91 Å². The molecule has 0 unspecified atom stereocenters. The van der Waals surface area contributed by atoms with Crippen LogP contribution in [0.1, 0.15) is 100 Å². The van der Waals surface area contributed by atoms with Crippen molar-refractivity contribution < 1.29 is 29.7 Å². The fourth-order valence-corrected chi connectivity index (χ4v) is 3.68. The zero-order valence-electron chi connectivity index (χ0n) is 19.1. The van der Waals surface area contributed by atoms with Crippen LogP contribution in [0.25, 0.3) is 0 Å². The number of carbonyl (C=O) groups is 1. The maximum absolute atomic E-state index is 12.3. The first kappa shape index (κ1) is 28.4. The van der Waals surface area contributed by atoms with Gasteiger partial charge in [-0.15, -0.1) is 0 Å². The van der Waals surface area contributed by atoms with Gasteiger partial charge in [-0.3, -0.25) is 9.59 Å². The molecule has 177 valence electrons. The van der Waals surface area contributed by atoms with Crippen molar-refractivity contribution in [3.63, 3.8) is 0 Å². The van der Waals surface area contributed by atoms with Crippen LogP contribution in [0.3, 0.4) is 0 Å². The minimum Gasteiger partial charge on any atom is -0.423 e. The highest BCUT2D eigenvalue weighted by Crippen LogP contribution is 2.12. The third-order valence-electron chi connectivity index (χ3n) is 5.58. The number of rotatable bonds is 19. The summed E-state index contributed by atoms with van der Waals surface area (Å²) in [7, 11) is -3.59. The lowest BCUT2D eigenvalue weighted by Crippen LogP contribution is -2.40. The van der Waals surface area contributed by atoms with E-state index in [1.54, 1.807) is 0 Å². The van der Waals surface area contributed by atoms with Gasteiger partial charge >= 0.3 is 14.2 Å². The summed E-state index contributed by atoms with van der Waals surface area (Å²) in [6, 6.07) is 3.90. The van der Waals surface area contributed by atoms with Gasteiger partial charge in [0.15, 0.2) is 6.29 Å². The molecule has 1 amide bonds. The van der Waals surface area contributed by atoms with Crippen LogP contribution in [0, 0.1) is 0 Å². The van der Waals surface area contributed by atoms with Crippen molar-refractivity contribution in [3.05, 3.63) is 23.8 Å². The van der Waals surface area contributed by atoms with Crippen LogP contribution in [0.4, 0.5) is 0 Å². The largest absolute Gasteiger partial charge is 0.488 e. The van der Waals surface area contributed by atoms with E-state index >= 15 is 0 Å². The summed E-state index contributed by atoms with van der Waals surface area (Å²) in [6.45, 7) is 0.520. The maximum atomic E-state index is 12.3. The molecule has 32 heavy (non-hydrogen) atoms. The molecule has 1 rings (SSSR count). The van der Waals surface area contributed by atoms with Gasteiger partial charge < -0.3 is 25.4 Å². The second-order valence-corrected chi connectivity index (χ2v) is 8.38. The highest BCUT2D eigenvalue weighted by molar-refractivity contribution is 6.62. The van der Waals surface area contributed by atoms with E-state index in [0.29, 0.717) is 13.0 Å². The Bertz CT molecular complexity index is 631. The van der Waals surface area contributed by atoms with Crippen LogP contribution in [-0.4, -0.2) is 53.1 Å². The van der Waals surface area contributed by atoms with Gasteiger partial charge in [0, 0.05) is 18.5 Å². The van der Waals surface area contributed by atoms with Crippen molar-refractivity contribution in [3.8, 4) is 0 Å². The van der Waals surface area contributed by atoms with Gasteiger partial charge in [-0.1, -0.05) is 76.7 Å². The minimum absolute atomic E-state index is 0.0362. The van der Waals surface area contributed by atoms with Gasteiger partial charge in [0.1, 0.15) is 0 Å². The Kier molecular flexibility index (Phi) is 15.8. The number of hydrogen-bond acceptors (Lipinski definition) is 6. The van der Waals surface area contributed by atoms with E-state index in [1.165, 1.54) is 69.6 Å². The average Bonchev–Trinajstić information content (AvgIpc) is 2.78. The highest BCUT2D eigenvalue weighted by atomic mass is 16.4. The van der Waals surface area contributed by atoms with E-state index in [2.05, 4.69) is 5.32 Å². The molecule has 0 bridgehead atoms. The molecule has 7 nitrogen and oxygen atoms in total. The van der Waals surface area contributed by atoms with Crippen LogP contribution in [0.5, 0.6) is 0 Å². The average molecular weight is 446 g/mol. The van der Waals surface area contributed by atoms with Crippen molar-refractivity contribution in [1.82, 2.24) is 5.32 Å². The van der Waals surface area contributed by atoms with Crippen LogP contribution in [0.2, 0.25) is 0 Å². The first-order chi connectivity index (χ1) is 15.5. The fraction of sp³-hybridized carbons (Fsp3) is 0.652. The Labute approximate surface area is 192 Å². The van der Waals surface area contributed by atoms with Crippen LogP contribution in [-0.2, 0) is 4.79 Å². The summed E-state index contributed by atoms with van der Waals surface area (Å²) in [6.07, 6.45) is 17.7. The maximum Gasteiger partial charge on any atom is 0.488 e. The topological polar surface area (TPSA) is 127 Å². The van der Waals surface area contributed by atoms with Gasteiger partial charge in [0.2, 0.25) is 0 Å². The Morgan fingerprint density at radius 1 is 0.688 bits per heavy atom. The van der Waals surface area contributed by atoms with E-state index in [0.717, 1.165) is 32.1 Å². The second-order valence-electron chi connectivity index (χ2n) is 8.38. The van der Waals surface area contributed by atoms with Crippen molar-refractivity contribution in [2.24, 2.45) is 0 Å². The number of benzene rings is 1. The predicted molar refractivity (Wildman–Crippen MR) is 129 cm³/mol. The Morgan fingerprint density at radius 2 is 1.09 bits per heavy atom. The molecule has 0 aromatic heterocycles. The van der Waals surface area contributed by atoms with E-state index < -0.39 is 14.2 Å². The molecule has 1 radical (unpaired) electrons. The summed E-state index contributed by atoms with van der Waals surface area (Å²) in [5.41, 5.74) is 0.237. The number of nitrogens with one attached hydrogen (secondary N) is 1. The summed E-state index contributed by atoms with van der Waals surface area (Å²) in [5, 5.41) is 40.0. The van der Waals surface area contributed by atoms with E-state index in [4.69, 9.17) is 0 Å². The van der Waals surface area contributed by atoms with Crippen molar-refractivity contribution in [2.75, 3.05) is 6.54 Å². The number of amides is 1. The van der Waals surface area contributed by atoms with E-state index in [-0.39, 0.29) is 22.4 Å². The first-order valence-electron chi connectivity index (χ1n) is 12.0. The number of unbranched alkanes of at least 4 members (excludes halogenated alkanes) is 13. The lowest BCUT2D eigenvalue weighted by molar-refractivity contribution is 0.0953. The Hall–Kier alpha value is -1.67. The predicted octanol–water partition coefficient (Wildman–Crippen LogP) is 1.35. The molecule has 0 aliphatic rings. The molecule has 1 aromatic carbocycles. The third-order valence-corrected chi connectivity index (χ3v) is 5.58. The molecule has 0 saturated carbocycles. The molecule has 0 aliphatic heterocycles. The molecule has 9 heteroatoms. The molecule has 0 fully saturated rings. The minimum atomic E-state index is -1.79. The lowest BCUT2D eigenvalue weighted by Gasteiger charge is -2.10. The third kappa shape index (κ3) is 13.0. The number of carbonyl (C=O) groups excluding carboxylic acids is 2. The Balaban J connectivity index is 2.06. The van der Waals surface area contributed by atoms with Gasteiger partial charge in [-0.2, -0.15) is 0 Å². The summed E-state index contributed by atoms with van der Waals surface area (Å²) < 4.78 is 0. The smallest absolute Gasteiger partial charge is 0.423 e. The molecule has 1 aromatic rings. The summed E-state index contributed by atoms with van der Waals surface area (Å²) >= 11 is 0. The fourth-order valence-electron chi connectivity index (χ4n) is 3.68. The lowest BCUT2D eigenvalue weighted by atomic mass is 9.72. The highest BCUT2D eigenvalue weighted by Gasteiger charge is 2.20. The summed E-state index contributed by atoms with van der Waals surface area (Å²) in [5.74, 6) is -0.378. The summed E-state index contributed by atoms with van der Waals surface area (Å²) in [4.78, 5) is 22.4. The first-order valence-corrected chi connectivity index (χ1v) is 12.0. The van der Waals surface area contributed by atoms with Crippen LogP contribution >= 0.6 is 0 Å². The Morgan fingerprint density at radius 3 is 1.50 bits per heavy atom. The van der Waals surface area contributed by atoms with Crippen LogP contribution in [0.15, 0.2) is 18.2 Å². The molecule has 0 saturated heterocycles. The van der Waals surface area contributed by atoms with E-state index in [9.17, 15) is 29.7 Å². The standard InChI is InChI=1S/C23H38B2NO6/c27-16-14-12-10-8-6-4-2-1-3-5-7-9-11-13-15-26-23(28)20-17-21(24(29)30)19-22(18-20)25(31)32/h17-19,29-32H,1-15H2,(H,26,28).